The van der Waals surface area contributed by atoms with Crippen LogP contribution in [0.5, 0.6) is 11.5 Å². The van der Waals surface area contributed by atoms with Crippen LogP contribution >= 0.6 is 27.7 Å². The van der Waals surface area contributed by atoms with Crippen molar-refractivity contribution in [2.45, 2.75) is 45.1 Å². The highest BCUT2D eigenvalue weighted by atomic mass is 79.9. The molecule has 4 saturated carbocycles. The first-order chi connectivity index (χ1) is 18.2. The molecule has 0 aromatic heterocycles. The predicted octanol–water partition coefficient (Wildman–Crippen LogP) is 6.96. The second-order valence-electron chi connectivity index (χ2n) is 11.0. The number of nitrogens with zero attached hydrogens (tertiary/aromatic N) is 1. The lowest BCUT2D eigenvalue weighted by Crippen LogP contribution is -2.51. The minimum absolute atomic E-state index is 0.138. The third-order valence-corrected chi connectivity index (χ3v) is 9.87. The standard InChI is InChI=1S/C29H27BrFNO5S/c1-36-23-10-16(11-24-26(33)32(28(35)38-24)15-20-4-2-3-5-22(20)31)9-21(30)25(23)37-27(34)29-12-17-6-18(13-29)8-19(7-17)14-29/h2-5,9-11,17-19H,6-8,12-15H2,1H3/b24-11-. The Morgan fingerprint density at radius 3 is 2.42 bits per heavy atom. The Kier molecular flexibility index (Phi) is 6.63. The van der Waals surface area contributed by atoms with Gasteiger partial charge in [0.05, 0.1) is 28.4 Å². The predicted molar refractivity (Wildman–Crippen MR) is 145 cm³/mol. The van der Waals surface area contributed by atoms with Gasteiger partial charge in [0.2, 0.25) is 0 Å². The van der Waals surface area contributed by atoms with Crippen molar-refractivity contribution in [2.75, 3.05) is 7.11 Å². The highest BCUT2D eigenvalue weighted by Gasteiger charge is 2.55. The number of ether oxygens (including phenoxy) is 2. The normalized spacial score (nSPS) is 28.9. The van der Waals surface area contributed by atoms with Crippen LogP contribution in [0, 0.1) is 29.0 Å². The van der Waals surface area contributed by atoms with Gasteiger partial charge in [-0.2, -0.15) is 0 Å². The van der Waals surface area contributed by atoms with E-state index in [1.807, 2.05) is 0 Å². The molecule has 0 N–H and O–H groups in total. The molecular formula is C29H27BrFNO5S. The summed E-state index contributed by atoms with van der Waals surface area (Å²) in [5, 5.41) is -0.461. The number of thioether (sulfide) groups is 1. The number of hydrogen-bond donors (Lipinski definition) is 0. The average Bonchev–Trinajstić information content (AvgIpc) is 3.13. The van der Waals surface area contributed by atoms with Crippen LogP contribution in [-0.4, -0.2) is 29.1 Å². The molecule has 4 bridgehead atoms. The number of halogens is 2. The van der Waals surface area contributed by atoms with E-state index in [0.717, 1.165) is 35.9 Å². The van der Waals surface area contributed by atoms with Gasteiger partial charge < -0.3 is 9.47 Å². The molecule has 0 atom stereocenters. The van der Waals surface area contributed by atoms with Crippen molar-refractivity contribution in [2.24, 2.45) is 23.2 Å². The van der Waals surface area contributed by atoms with Gasteiger partial charge in [-0.1, -0.05) is 18.2 Å². The van der Waals surface area contributed by atoms with Gasteiger partial charge in [0.25, 0.3) is 11.1 Å². The molecule has 198 valence electrons. The highest BCUT2D eigenvalue weighted by Crippen LogP contribution is 2.60. The molecule has 9 heteroatoms. The second kappa shape index (κ2) is 9.83. The third-order valence-electron chi connectivity index (χ3n) is 8.38. The van der Waals surface area contributed by atoms with Crippen LogP contribution in [-0.2, 0) is 16.1 Å². The van der Waals surface area contributed by atoms with Crippen LogP contribution in [0.25, 0.3) is 6.08 Å². The van der Waals surface area contributed by atoms with E-state index in [9.17, 15) is 18.8 Å². The smallest absolute Gasteiger partial charge is 0.317 e. The van der Waals surface area contributed by atoms with Crippen molar-refractivity contribution in [3.63, 3.8) is 0 Å². The van der Waals surface area contributed by atoms with Gasteiger partial charge in [0.1, 0.15) is 5.82 Å². The molecule has 1 saturated heterocycles. The fourth-order valence-electron chi connectivity index (χ4n) is 7.07. The number of methoxy groups -OCH3 is 1. The van der Waals surface area contributed by atoms with Crippen LogP contribution in [0.1, 0.15) is 49.7 Å². The fourth-order valence-corrected chi connectivity index (χ4v) is 8.45. The highest BCUT2D eigenvalue weighted by molar-refractivity contribution is 9.10. The number of amides is 2. The molecule has 4 aliphatic carbocycles. The maximum absolute atomic E-state index is 14.1. The molecule has 0 unspecified atom stereocenters. The molecule has 5 aliphatic rings. The summed E-state index contributed by atoms with van der Waals surface area (Å²) in [5.41, 5.74) is 0.458. The quantitative estimate of drug-likeness (QED) is 0.203. The average molecular weight is 601 g/mol. The van der Waals surface area contributed by atoms with E-state index in [0.29, 0.717) is 39.3 Å². The van der Waals surface area contributed by atoms with Crippen molar-refractivity contribution in [1.29, 1.82) is 0 Å². The maximum Gasteiger partial charge on any atom is 0.317 e. The molecule has 5 fully saturated rings. The molecule has 0 radical (unpaired) electrons. The monoisotopic (exact) mass is 599 g/mol. The molecule has 2 amide bonds. The number of imide groups is 1. The van der Waals surface area contributed by atoms with Crippen LogP contribution in [0.3, 0.4) is 0 Å². The topological polar surface area (TPSA) is 72.9 Å². The van der Waals surface area contributed by atoms with E-state index in [1.165, 1.54) is 32.4 Å². The van der Waals surface area contributed by atoms with Crippen LogP contribution < -0.4 is 9.47 Å². The summed E-state index contributed by atoms with van der Waals surface area (Å²) in [6.45, 7) is -0.138. The van der Waals surface area contributed by atoms with E-state index in [4.69, 9.17) is 9.47 Å². The molecule has 2 aromatic rings. The number of benzene rings is 2. The lowest BCUT2D eigenvalue weighted by Gasteiger charge is -2.55. The van der Waals surface area contributed by atoms with E-state index in [1.54, 1.807) is 36.4 Å². The zero-order chi connectivity index (χ0) is 26.6. The van der Waals surface area contributed by atoms with Gasteiger partial charge in [-0.15, -0.1) is 0 Å². The number of rotatable bonds is 6. The first kappa shape index (κ1) is 25.6. The number of esters is 1. The Bertz CT molecular complexity index is 1340. The molecule has 1 heterocycles. The van der Waals surface area contributed by atoms with Crippen LogP contribution in [0.15, 0.2) is 45.8 Å². The summed E-state index contributed by atoms with van der Waals surface area (Å²) in [6.07, 6.45) is 8.00. The minimum atomic E-state index is -0.490. The Labute approximate surface area is 233 Å². The summed E-state index contributed by atoms with van der Waals surface area (Å²) in [5.74, 6) is 1.39. The van der Waals surface area contributed by atoms with Crippen LogP contribution in [0.4, 0.5) is 9.18 Å². The summed E-state index contributed by atoms with van der Waals surface area (Å²) in [4.78, 5) is 40.3. The van der Waals surface area contributed by atoms with Gasteiger partial charge in [0, 0.05) is 5.56 Å². The SMILES string of the molecule is COc1cc(/C=C2\SC(=O)N(Cc3ccccc3F)C2=O)cc(Br)c1OC(=O)C12CC3CC(CC(C3)C1)C2. The van der Waals surface area contributed by atoms with E-state index < -0.39 is 22.4 Å². The lowest BCUT2D eigenvalue weighted by atomic mass is 9.49. The summed E-state index contributed by atoms with van der Waals surface area (Å²) in [7, 11) is 1.50. The van der Waals surface area contributed by atoms with Gasteiger partial charge in [-0.05, 0) is 114 Å². The Hall–Kier alpha value is -2.65. The first-order valence-electron chi connectivity index (χ1n) is 12.8. The van der Waals surface area contributed by atoms with Gasteiger partial charge >= 0.3 is 5.97 Å². The second-order valence-corrected chi connectivity index (χ2v) is 12.8. The van der Waals surface area contributed by atoms with E-state index >= 15 is 0 Å². The summed E-state index contributed by atoms with van der Waals surface area (Å²) >= 11 is 4.32. The molecule has 6 nitrogen and oxygen atoms in total. The lowest BCUT2D eigenvalue weighted by molar-refractivity contribution is -0.161. The van der Waals surface area contributed by atoms with Crippen molar-refractivity contribution in [1.82, 2.24) is 4.90 Å². The summed E-state index contributed by atoms with van der Waals surface area (Å²) in [6, 6.07) is 9.48. The van der Waals surface area contributed by atoms with E-state index in [-0.39, 0.29) is 23.0 Å². The van der Waals surface area contributed by atoms with Gasteiger partial charge in [0.15, 0.2) is 11.5 Å². The molecule has 0 spiro atoms. The number of carbonyl (C=O) groups is 3. The number of carbonyl (C=O) groups excluding carboxylic acids is 3. The maximum atomic E-state index is 14.1. The zero-order valence-electron chi connectivity index (χ0n) is 20.9. The minimum Gasteiger partial charge on any atom is -0.493 e. The largest absolute Gasteiger partial charge is 0.493 e. The zero-order valence-corrected chi connectivity index (χ0v) is 23.3. The molecule has 1 aliphatic heterocycles. The van der Waals surface area contributed by atoms with Crippen LogP contribution in [0.2, 0.25) is 0 Å². The van der Waals surface area contributed by atoms with Crippen molar-refractivity contribution < 1.29 is 28.2 Å². The Balaban J connectivity index is 1.22. The molecule has 38 heavy (non-hydrogen) atoms. The Morgan fingerprint density at radius 1 is 1.13 bits per heavy atom. The van der Waals surface area contributed by atoms with E-state index in [2.05, 4.69) is 15.9 Å². The third kappa shape index (κ3) is 4.57. The summed E-state index contributed by atoms with van der Waals surface area (Å²) < 4.78 is 26.2. The van der Waals surface area contributed by atoms with Crippen molar-refractivity contribution in [3.8, 4) is 11.5 Å². The fraction of sp³-hybridized carbons (Fsp3) is 0.414. The number of hydrogen-bond acceptors (Lipinski definition) is 6. The van der Waals surface area contributed by atoms with Gasteiger partial charge in [-0.25, -0.2) is 4.39 Å². The van der Waals surface area contributed by atoms with Gasteiger partial charge in [-0.3, -0.25) is 19.3 Å². The van der Waals surface area contributed by atoms with Crippen molar-refractivity contribution in [3.05, 3.63) is 62.7 Å². The molecular weight excluding hydrogens is 573 g/mol. The first-order valence-corrected chi connectivity index (χ1v) is 14.4. The Morgan fingerprint density at radius 2 is 1.79 bits per heavy atom. The van der Waals surface area contributed by atoms with Crippen molar-refractivity contribution >= 4 is 50.9 Å². The molecule has 7 rings (SSSR count). The molecule has 2 aromatic carbocycles.